The molecule has 0 radical (unpaired) electrons. The molecule has 0 aliphatic carbocycles. The summed E-state index contributed by atoms with van der Waals surface area (Å²) in [5.74, 6) is -0.756. The average molecular weight is 447 g/mol. The maximum absolute atomic E-state index is 12.8. The molecule has 4 rings (SSSR count). The number of nitrogens with one attached hydrogen (secondary N) is 2. The van der Waals surface area contributed by atoms with Crippen molar-refractivity contribution in [2.45, 2.75) is 39.3 Å². The van der Waals surface area contributed by atoms with Gasteiger partial charge in [-0.25, -0.2) is 4.98 Å². The molecule has 0 bridgehead atoms. The number of amides is 4. The van der Waals surface area contributed by atoms with Gasteiger partial charge in [0, 0.05) is 55.1 Å². The zero-order valence-electron chi connectivity index (χ0n) is 18.7. The van der Waals surface area contributed by atoms with Crippen LogP contribution in [-0.4, -0.2) is 44.6 Å². The Hall–Kier alpha value is -4.01. The summed E-state index contributed by atoms with van der Waals surface area (Å²) < 4.78 is 1.92. The molecule has 1 aliphatic rings. The number of anilines is 1. The van der Waals surface area contributed by atoms with E-state index in [0.29, 0.717) is 36.2 Å². The van der Waals surface area contributed by atoms with Crippen LogP contribution in [0.2, 0.25) is 0 Å². The Morgan fingerprint density at radius 1 is 1.27 bits per heavy atom. The second-order valence-electron chi connectivity index (χ2n) is 8.35. The summed E-state index contributed by atoms with van der Waals surface area (Å²) in [6.07, 6.45) is 4.48. The highest BCUT2D eigenvalue weighted by atomic mass is 16.2. The lowest BCUT2D eigenvalue weighted by atomic mass is 10.1. The third kappa shape index (κ3) is 4.34. The number of rotatable bonds is 7. The van der Waals surface area contributed by atoms with Gasteiger partial charge >= 0.3 is 0 Å². The Kier molecular flexibility index (Phi) is 5.95. The van der Waals surface area contributed by atoms with Crippen LogP contribution in [0.1, 0.15) is 51.6 Å². The number of aromatic nitrogens is 2. The number of fused-ring (bicyclic) bond motifs is 2. The monoisotopic (exact) mass is 447 g/mol. The van der Waals surface area contributed by atoms with Gasteiger partial charge in [-0.1, -0.05) is 0 Å². The number of pyridine rings is 1. The molecule has 0 fully saturated rings. The second-order valence-corrected chi connectivity index (χ2v) is 8.35. The summed E-state index contributed by atoms with van der Waals surface area (Å²) in [4.78, 5) is 53.6. The number of hydrogen-bond acceptors (Lipinski definition) is 5. The van der Waals surface area contributed by atoms with Crippen molar-refractivity contribution >= 4 is 40.9 Å². The van der Waals surface area contributed by atoms with Crippen LogP contribution in [-0.2, 0) is 23.2 Å². The Labute approximate surface area is 190 Å². The van der Waals surface area contributed by atoms with Crippen LogP contribution < -0.4 is 10.6 Å². The molecule has 170 valence electrons. The van der Waals surface area contributed by atoms with Gasteiger partial charge in [0.05, 0.1) is 5.56 Å². The molecular formula is C24H25N5O4. The van der Waals surface area contributed by atoms with Crippen molar-refractivity contribution in [2.75, 3.05) is 5.32 Å². The lowest BCUT2D eigenvalue weighted by molar-refractivity contribution is -0.125. The summed E-state index contributed by atoms with van der Waals surface area (Å²) in [6, 6.07) is 6.87. The maximum atomic E-state index is 12.8. The zero-order valence-corrected chi connectivity index (χ0v) is 18.7. The molecule has 2 aromatic heterocycles. The van der Waals surface area contributed by atoms with Crippen LogP contribution in [0.5, 0.6) is 0 Å². The molecule has 1 aromatic carbocycles. The number of carbonyl (C=O) groups is 4. The molecule has 9 heteroatoms. The minimum Gasteiger partial charge on any atom is -0.335 e. The highest BCUT2D eigenvalue weighted by Crippen LogP contribution is 2.29. The topological polar surface area (TPSA) is 113 Å². The largest absolute Gasteiger partial charge is 0.335 e. The SMILES string of the molecule is Cc1cn(C)c2ncc(C(=O)Nc3ccc4c(c3)CN(C(C)CCC(=O)NC=O)C4=O)cc12. The predicted octanol–water partition coefficient (Wildman–Crippen LogP) is 2.53. The zero-order chi connectivity index (χ0) is 23.7. The molecule has 4 amide bonds. The summed E-state index contributed by atoms with van der Waals surface area (Å²) in [5.41, 5.74) is 4.31. The first-order chi connectivity index (χ1) is 15.8. The molecule has 9 nitrogen and oxygen atoms in total. The lowest BCUT2D eigenvalue weighted by Gasteiger charge is -2.23. The molecule has 2 N–H and O–H groups in total. The summed E-state index contributed by atoms with van der Waals surface area (Å²) in [5, 5.41) is 5.92. The van der Waals surface area contributed by atoms with Gasteiger partial charge in [-0.05, 0) is 55.7 Å². The summed E-state index contributed by atoms with van der Waals surface area (Å²) in [7, 11) is 1.91. The average Bonchev–Trinajstić information content (AvgIpc) is 3.27. The van der Waals surface area contributed by atoms with E-state index in [-0.39, 0.29) is 30.2 Å². The van der Waals surface area contributed by atoms with E-state index in [4.69, 9.17) is 0 Å². The lowest BCUT2D eigenvalue weighted by Crippen LogP contribution is -2.34. The van der Waals surface area contributed by atoms with E-state index >= 15 is 0 Å². The van der Waals surface area contributed by atoms with Crippen molar-refractivity contribution in [3.8, 4) is 0 Å². The second kappa shape index (κ2) is 8.85. The van der Waals surface area contributed by atoms with Gasteiger partial charge in [-0.3, -0.25) is 24.5 Å². The van der Waals surface area contributed by atoms with E-state index in [2.05, 4.69) is 15.6 Å². The first-order valence-electron chi connectivity index (χ1n) is 10.7. The fourth-order valence-electron chi connectivity index (χ4n) is 4.19. The van der Waals surface area contributed by atoms with Crippen molar-refractivity contribution in [1.29, 1.82) is 0 Å². The molecule has 0 spiro atoms. The molecule has 3 heterocycles. The summed E-state index contributed by atoms with van der Waals surface area (Å²) in [6.45, 7) is 4.24. The van der Waals surface area contributed by atoms with E-state index in [1.807, 2.05) is 37.7 Å². The fraction of sp³-hybridized carbons (Fsp3) is 0.292. The number of benzene rings is 1. The fourth-order valence-corrected chi connectivity index (χ4v) is 4.19. The molecular weight excluding hydrogens is 422 g/mol. The van der Waals surface area contributed by atoms with Crippen molar-refractivity contribution in [2.24, 2.45) is 7.05 Å². The van der Waals surface area contributed by atoms with E-state index < -0.39 is 0 Å². The van der Waals surface area contributed by atoms with Gasteiger partial charge in [0.25, 0.3) is 11.8 Å². The van der Waals surface area contributed by atoms with Gasteiger partial charge in [-0.2, -0.15) is 0 Å². The minimum atomic E-state index is -0.371. The normalized spacial score (nSPS) is 13.7. The van der Waals surface area contributed by atoms with Crippen molar-refractivity contribution in [3.05, 3.63) is 58.9 Å². The number of hydrogen-bond donors (Lipinski definition) is 2. The molecule has 1 unspecified atom stereocenters. The Morgan fingerprint density at radius 3 is 2.82 bits per heavy atom. The Balaban J connectivity index is 1.45. The van der Waals surface area contributed by atoms with Crippen LogP contribution in [0.15, 0.2) is 36.7 Å². The molecule has 1 aliphatic heterocycles. The van der Waals surface area contributed by atoms with Crippen molar-refractivity contribution in [1.82, 2.24) is 19.8 Å². The van der Waals surface area contributed by atoms with E-state index in [0.717, 1.165) is 22.2 Å². The van der Waals surface area contributed by atoms with Gasteiger partial charge in [0.2, 0.25) is 12.3 Å². The molecule has 0 saturated carbocycles. The maximum Gasteiger partial charge on any atom is 0.257 e. The number of nitrogens with zero attached hydrogens (tertiary/aromatic N) is 3. The first-order valence-corrected chi connectivity index (χ1v) is 10.7. The standard InChI is InChI=1S/C24H25N5O4/c1-14-11-28(3)22-20(14)9-16(10-25-22)23(32)27-18-5-6-19-17(8-18)12-29(24(19)33)15(2)4-7-21(31)26-13-30/h5-6,8-11,13,15H,4,7,12H2,1-3H3,(H,27,32)(H,26,30,31). The minimum absolute atomic E-state index is 0.111. The highest BCUT2D eigenvalue weighted by Gasteiger charge is 2.31. The first kappa shape index (κ1) is 22.2. The Bertz CT molecular complexity index is 1280. The smallest absolute Gasteiger partial charge is 0.257 e. The quantitative estimate of drug-likeness (QED) is 0.541. The highest BCUT2D eigenvalue weighted by molar-refractivity contribution is 6.06. The van der Waals surface area contributed by atoms with Crippen LogP contribution in [0.25, 0.3) is 11.0 Å². The van der Waals surface area contributed by atoms with Crippen molar-refractivity contribution in [3.63, 3.8) is 0 Å². The van der Waals surface area contributed by atoms with E-state index in [1.165, 1.54) is 0 Å². The molecule has 33 heavy (non-hydrogen) atoms. The van der Waals surface area contributed by atoms with Crippen LogP contribution in [0, 0.1) is 6.92 Å². The number of carbonyl (C=O) groups excluding carboxylic acids is 4. The predicted molar refractivity (Wildman–Crippen MR) is 123 cm³/mol. The van der Waals surface area contributed by atoms with Crippen molar-refractivity contribution < 1.29 is 19.2 Å². The third-order valence-corrected chi connectivity index (χ3v) is 6.01. The van der Waals surface area contributed by atoms with Gasteiger partial charge < -0.3 is 14.8 Å². The third-order valence-electron chi connectivity index (χ3n) is 6.01. The van der Waals surface area contributed by atoms with E-state index in [1.54, 1.807) is 29.3 Å². The van der Waals surface area contributed by atoms with Crippen LogP contribution in [0.4, 0.5) is 5.69 Å². The van der Waals surface area contributed by atoms with E-state index in [9.17, 15) is 19.2 Å². The van der Waals surface area contributed by atoms with Gasteiger partial charge in [-0.15, -0.1) is 0 Å². The molecule has 0 saturated heterocycles. The number of aryl methyl sites for hydroxylation is 2. The van der Waals surface area contributed by atoms with Crippen LogP contribution in [0.3, 0.4) is 0 Å². The van der Waals surface area contributed by atoms with Gasteiger partial charge in [0.15, 0.2) is 0 Å². The molecule has 3 aromatic rings. The van der Waals surface area contributed by atoms with Crippen LogP contribution >= 0.6 is 0 Å². The Morgan fingerprint density at radius 2 is 2.06 bits per heavy atom. The molecule has 1 atom stereocenters. The van der Waals surface area contributed by atoms with Gasteiger partial charge in [0.1, 0.15) is 5.65 Å². The summed E-state index contributed by atoms with van der Waals surface area (Å²) >= 11 is 0. The number of imide groups is 1.